The number of benzene rings is 1. The van der Waals surface area contributed by atoms with Gasteiger partial charge in [-0.15, -0.1) is 0 Å². The second kappa shape index (κ2) is 10.8. The number of methoxy groups -OCH3 is 1. The van der Waals surface area contributed by atoms with E-state index in [1.807, 2.05) is 31.3 Å². The van der Waals surface area contributed by atoms with Gasteiger partial charge in [0.25, 0.3) is 5.56 Å². The molecule has 1 saturated heterocycles. The number of carbonyl (C=O) groups excluding carboxylic acids is 1. The second-order valence-electron chi connectivity index (χ2n) is 10.2. The first kappa shape index (κ1) is 25.7. The Hall–Kier alpha value is -3.94. The van der Waals surface area contributed by atoms with E-state index in [0.717, 1.165) is 59.6 Å². The lowest BCUT2D eigenvalue weighted by Crippen LogP contribution is -2.36. The third-order valence-electron chi connectivity index (χ3n) is 7.99. The Kier molecular flexibility index (Phi) is 7.31. The second-order valence-corrected chi connectivity index (χ2v) is 10.2. The average molecular weight is 514 g/mol. The molecule has 0 unspecified atom stereocenters. The Bertz CT molecular complexity index is 1500. The average Bonchev–Trinajstić information content (AvgIpc) is 3.23. The first-order chi connectivity index (χ1) is 18.4. The number of hydrogen-bond donors (Lipinski definition) is 1. The number of aromatic amines is 1. The number of para-hydroxylation sites is 1. The molecule has 0 radical (unpaired) electrons. The fourth-order valence-corrected chi connectivity index (χ4v) is 6.01. The van der Waals surface area contributed by atoms with Crippen LogP contribution in [0.25, 0.3) is 10.9 Å². The van der Waals surface area contributed by atoms with Crippen LogP contribution in [0.1, 0.15) is 59.5 Å². The number of rotatable bonds is 8. The number of aromatic nitrogens is 4. The normalized spacial score (nSPS) is 15.1. The molecule has 1 aromatic carbocycles. The molecule has 4 heterocycles. The third kappa shape index (κ3) is 4.83. The highest BCUT2D eigenvalue weighted by molar-refractivity contribution is 6.09. The Balaban J connectivity index is 1.39. The first-order valence-corrected chi connectivity index (χ1v) is 13.3. The van der Waals surface area contributed by atoms with Gasteiger partial charge in [-0.05, 0) is 58.1 Å². The highest BCUT2D eigenvalue weighted by atomic mass is 16.5. The van der Waals surface area contributed by atoms with Crippen molar-refractivity contribution in [3.63, 3.8) is 0 Å². The van der Waals surface area contributed by atoms with Gasteiger partial charge in [0.05, 0.1) is 18.9 Å². The van der Waals surface area contributed by atoms with Gasteiger partial charge in [0, 0.05) is 65.8 Å². The van der Waals surface area contributed by atoms with Crippen molar-refractivity contribution in [3.8, 4) is 5.75 Å². The van der Waals surface area contributed by atoms with Crippen molar-refractivity contribution in [2.45, 2.75) is 52.5 Å². The molecule has 0 spiro atoms. The minimum absolute atomic E-state index is 0.0455. The summed E-state index contributed by atoms with van der Waals surface area (Å²) < 4.78 is 7.78. The number of nitrogens with zero attached hydrogens (tertiary/aromatic N) is 4. The maximum atomic E-state index is 13.7. The van der Waals surface area contributed by atoms with Gasteiger partial charge in [-0.25, -0.2) is 4.98 Å². The molecule has 1 aliphatic heterocycles. The lowest BCUT2D eigenvalue weighted by atomic mass is 9.90. The summed E-state index contributed by atoms with van der Waals surface area (Å²) in [7, 11) is 1.55. The SMILES string of the molecule is COc1cc(C)[nH]c(=O)c1CCC(=O)c1c(C)n([C@H](C)C2CCN(c3cnccn3)CC2)c2ccccc12. The van der Waals surface area contributed by atoms with Crippen molar-refractivity contribution in [1.82, 2.24) is 19.5 Å². The predicted molar refractivity (Wildman–Crippen MR) is 149 cm³/mol. The fourth-order valence-electron chi connectivity index (χ4n) is 6.01. The topological polar surface area (TPSA) is 93.1 Å². The van der Waals surface area contributed by atoms with Gasteiger partial charge in [-0.2, -0.15) is 0 Å². The number of fused-ring (bicyclic) bond motifs is 1. The Morgan fingerprint density at radius 2 is 1.95 bits per heavy atom. The number of aryl methyl sites for hydroxylation is 1. The highest BCUT2D eigenvalue weighted by Crippen LogP contribution is 2.36. The summed E-state index contributed by atoms with van der Waals surface area (Å²) in [6.07, 6.45) is 7.92. The number of hydrogen-bond acceptors (Lipinski definition) is 6. The van der Waals surface area contributed by atoms with E-state index >= 15 is 0 Å². The Labute approximate surface area is 222 Å². The quantitative estimate of drug-likeness (QED) is 0.332. The number of pyridine rings is 1. The summed E-state index contributed by atoms with van der Waals surface area (Å²) >= 11 is 0. The summed E-state index contributed by atoms with van der Waals surface area (Å²) in [4.78, 5) is 40.0. The van der Waals surface area contributed by atoms with Crippen LogP contribution < -0.4 is 15.2 Å². The van der Waals surface area contributed by atoms with Crippen LogP contribution in [0, 0.1) is 19.8 Å². The van der Waals surface area contributed by atoms with Crippen LogP contribution in [-0.4, -0.2) is 45.5 Å². The van der Waals surface area contributed by atoms with Crippen molar-refractivity contribution in [3.05, 3.63) is 81.8 Å². The molecule has 1 aliphatic rings. The van der Waals surface area contributed by atoms with Crippen LogP contribution in [0.2, 0.25) is 0 Å². The number of piperidine rings is 1. The third-order valence-corrected chi connectivity index (χ3v) is 7.99. The minimum Gasteiger partial charge on any atom is -0.496 e. The van der Waals surface area contributed by atoms with E-state index < -0.39 is 0 Å². The number of Topliss-reactive ketones (excluding diaryl/α,β-unsaturated/α-hetero) is 1. The number of carbonyl (C=O) groups is 1. The van der Waals surface area contributed by atoms with E-state index in [4.69, 9.17) is 4.74 Å². The van der Waals surface area contributed by atoms with E-state index in [1.165, 1.54) is 0 Å². The molecular formula is C30H35N5O3. The van der Waals surface area contributed by atoms with Crippen LogP contribution >= 0.6 is 0 Å². The molecule has 0 bridgehead atoms. The molecule has 4 aromatic rings. The van der Waals surface area contributed by atoms with Gasteiger partial charge >= 0.3 is 0 Å². The number of nitrogens with one attached hydrogen (secondary N) is 1. The monoisotopic (exact) mass is 513 g/mol. The predicted octanol–water partition coefficient (Wildman–Crippen LogP) is 5.04. The van der Waals surface area contributed by atoms with Crippen LogP contribution in [-0.2, 0) is 6.42 Å². The van der Waals surface area contributed by atoms with E-state index in [2.05, 4.69) is 44.3 Å². The van der Waals surface area contributed by atoms with Gasteiger partial charge in [0.2, 0.25) is 0 Å². The Morgan fingerprint density at radius 1 is 1.18 bits per heavy atom. The summed E-state index contributed by atoms with van der Waals surface area (Å²) in [5.74, 6) is 1.98. The molecule has 8 nitrogen and oxygen atoms in total. The standard InChI is InChI=1S/C30H35N5O3/c1-19-17-27(38-4)24(30(37)33-19)9-10-26(36)29-21(3)35(25-8-6-5-7-23(25)29)20(2)22-11-15-34(16-12-22)28-18-31-13-14-32-28/h5-8,13-14,17-18,20,22H,9-12,15-16H2,1-4H3,(H,33,37)/t20-/m1/s1. The highest BCUT2D eigenvalue weighted by Gasteiger charge is 2.29. The lowest BCUT2D eigenvalue weighted by Gasteiger charge is -2.36. The molecule has 1 N–H and O–H groups in total. The molecule has 3 aromatic heterocycles. The maximum Gasteiger partial charge on any atom is 0.255 e. The van der Waals surface area contributed by atoms with Crippen molar-refractivity contribution in [2.24, 2.45) is 5.92 Å². The summed E-state index contributed by atoms with van der Waals surface area (Å²) in [5, 5.41) is 0.976. The van der Waals surface area contributed by atoms with Gasteiger partial charge < -0.3 is 19.2 Å². The van der Waals surface area contributed by atoms with Crippen molar-refractivity contribution in [1.29, 1.82) is 0 Å². The molecule has 0 amide bonds. The lowest BCUT2D eigenvalue weighted by molar-refractivity contribution is 0.0983. The van der Waals surface area contributed by atoms with Crippen LogP contribution in [0.3, 0.4) is 0 Å². The van der Waals surface area contributed by atoms with E-state index in [1.54, 1.807) is 25.6 Å². The van der Waals surface area contributed by atoms with Crippen LogP contribution in [0.15, 0.2) is 53.7 Å². The van der Waals surface area contributed by atoms with Gasteiger partial charge in [0.15, 0.2) is 5.78 Å². The molecular weight excluding hydrogens is 478 g/mol. The molecule has 5 rings (SSSR count). The smallest absolute Gasteiger partial charge is 0.255 e. The number of ether oxygens (including phenoxy) is 1. The van der Waals surface area contributed by atoms with E-state index in [9.17, 15) is 9.59 Å². The van der Waals surface area contributed by atoms with Gasteiger partial charge in [-0.1, -0.05) is 18.2 Å². The maximum absolute atomic E-state index is 13.7. The van der Waals surface area contributed by atoms with Crippen molar-refractivity contribution >= 4 is 22.5 Å². The molecule has 38 heavy (non-hydrogen) atoms. The summed E-state index contributed by atoms with van der Waals surface area (Å²) in [6.45, 7) is 8.01. The fraction of sp³-hybridized carbons (Fsp3) is 0.400. The zero-order valence-electron chi connectivity index (χ0n) is 22.5. The summed E-state index contributed by atoms with van der Waals surface area (Å²) in [6, 6.07) is 10.2. The van der Waals surface area contributed by atoms with Gasteiger partial charge in [0.1, 0.15) is 11.6 Å². The Morgan fingerprint density at radius 3 is 2.66 bits per heavy atom. The van der Waals surface area contributed by atoms with Crippen LogP contribution in [0.4, 0.5) is 5.82 Å². The molecule has 1 atom stereocenters. The molecule has 8 heteroatoms. The zero-order valence-corrected chi connectivity index (χ0v) is 22.5. The zero-order chi connectivity index (χ0) is 26.8. The van der Waals surface area contributed by atoms with Gasteiger partial charge in [-0.3, -0.25) is 14.6 Å². The van der Waals surface area contributed by atoms with Crippen molar-refractivity contribution in [2.75, 3.05) is 25.1 Å². The summed E-state index contributed by atoms with van der Waals surface area (Å²) in [5.41, 5.74) is 3.88. The number of ketones is 1. The number of H-pyrrole nitrogens is 1. The molecule has 1 fully saturated rings. The van der Waals surface area contributed by atoms with E-state index in [-0.39, 0.29) is 23.8 Å². The largest absolute Gasteiger partial charge is 0.496 e. The van der Waals surface area contributed by atoms with Crippen LogP contribution in [0.5, 0.6) is 5.75 Å². The van der Waals surface area contributed by atoms with E-state index in [0.29, 0.717) is 23.7 Å². The molecule has 0 saturated carbocycles. The first-order valence-electron chi connectivity index (χ1n) is 13.3. The minimum atomic E-state index is -0.199. The molecule has 0 aliphatic carbocycles. The number of anilines is 1. The molecule has 198 valence electrons. The van der Waals surface area contributed by atoms with Crippen molar-refractivity contribution < 1.29 is 9.53 Å².